The van der Waals surface area contributed by atoms with Crippen LogP contribution in [0.5, 0.6) is 0 Å². The van der Waals surface area contributed by atoms with Crippen molar-refractivity contribution < 1.29 is 52.3 Å². The van der Waals surface area contributed by atoms with Crippen molar-refractivity contribution in [2.45, 2.75) is 33.1 Å². The predicted octanol–water partition coefficient (Wildman–Crippen LogP) is 0.719. The van der Waals surface area contributed by atoms with E-state index in [-0.39, 0.29) is 24.2 Å². The van der Waals surface area contributed by atoms with Gasteiger partial charge in [-0.1, -0.05) is 13.8 Å². The quantitative estimate of drug-likeness (QED) is 0.0870. The number of likely N-dealkylation sites (N-methyl/N-ethyl adjacent to an activating group) is 1. The Morgan fingerprint density at radius 1 is 0.659 bits per heavy atom. The van der Waals surface area contributed by atoms with Gasteiger partial charge in [-0.3, -0.25) is 9.59 Å². The fraction of sp³-hybridized carbons (Fsp3) is 0.893. The molecule has 13 heteroatoms. The van der Waals surface area contributed by atoms with E-state index in [0.717, 1.165) is 12.7 Å². The van der Waals surface area contributed by atoms with Gasteiger partial charge in [0.1, 0.15) is 6.29 Å². The van der Waals surface area contributed by atoms with Gasteiger partial charge in [-0.25, -0.2) is 0 Å². The molecular weight excluding hydrogens is 540 g/mol. The summed E-state index contributed by atoms with van der Waals surface area (Å²) in [6, 6.07) is 0. The first kappa shape index (κ1) is 39.3. The van der Waals surface area contributed by atoms with Gasteiger partial charge in [-0.15, -0.1) is 0 Å². The molecule has 0 aromatic rings. The second-order valence-corrected chi connectivity index (χ2v) is 9.06. The molecule has 0 heterocycles. The highest BCUT2D eigenvalue weighted by Gasteiger charge is 2.16. The lowest BCUT2D eigenvalue weighted by molar-refractivity contribution is -0.135. The van der Waals surface area contributed by atoms with E-state index < -0.39 is 0 Å². The Kier molecular flexibility index (Phi) is 29.9. The highest BCUT2D eigenvalue weighted by Crippen LogP contribution is 2.03. The lowest BCUT2D eigenvalue weighted by atomic mass is 10.1. The maximum absolute atomic E-state index is 12.0. The zero-order valence-corrected chi connectivity index (χ0v) is 25.4. The van der Waals surface area contributed by atoms with Crippen molar-refractivity contribution in [3.05, 3.63) is 0 Å². The van der Waals surface area contributed by atoms with E-state index in [0.29, 0.717) is 125 Å². The molecule has 242 valence electrons. The number of carbonyl (C=O) groups excluding carboxylic acids is 3. The first-order valence-electron chi connectivity index (χ1n) is 14.6. The van der Waals surface area contributed by atoms with E-state index in [2.05, 4.69) is 5.32 Å². The number of amides is 2. The van der Waals surface area contributed by atoms with Crippen molar-refractivity contribution >= 4 is 18.1 Å². The molecule has 1 atom stereocenters. The van der Waals surface area contributed by atoms with Crippen LogP contribution in [-0.2, 0) is 52.3 Å². The van der Waals surface area contributed by atoms with Crippen LogP contribution in [0.4, 0.5) is 0 Å². The lowest BCUT2D eigenvalue weighted by Crippen LogP contribution is -2.34. The van der Waals surface area contributed by atoms with Gasteiger partial charge in [0.2, 0.25) is 11.8 Å². The maximum atomic E-state index is 12.0. The van der Waals surface area contributed by atoms with E-state index >= 15 is 0 Å². The number of ether oxygens (including phenoxy) is 8. The van der Waals surface area contributed by atoms with Crippen molar-refractivity contribution in [3.63, 3.8) is 0 Å². The van der Waals surface area contributed by atoms with Crippen molar-refractivity contribution in [1.82, 2.24) is 10.2 Å². The number of nitrogens with one attached hydrogen (secondary N) is 1. The molecule has 0 saturated carbocycles. The smallest absolute Gasteiger partial charge is 0.225 e. The van der Waals surface area contributed by atoms with Crippen LogP contribution in [0.2, 0.25) is 0 Å². The molecule has 0 aliphatic heterocycles. The normalized spacial score (nSPS) is 11.9. The van der Waals surface area contributed by atoms with Crippen LogP contribution >= 0.6 is 0 Å². The number of carbonyl (C=O) groups is 3. The highest BCUT2D eigenvalue weighted by molar-refractivity contribution is 5.80. The molecule has 0 spiro atoms. The van der Waals surface area contributed by atoms with E-state index in [1.807, 2.05) is 6.92 Å². The summed E-state index contributed by atoms with van der Waals surface area (Å²) >= 11 is 0. The standard InChI is InChI=1S/C28H54N2O11/c1-4-7-29-27(32)6-10-34-12-14-36-16-18-38-20-22-40-24-25-41-23-21-39-19-17-37-15-13-35-11-8-30(3)28(33)26(2)5-9-31/h9,26H,4-8,10-25H2,1-3H3,(H,29,32). The van der Waals surface area contributed by atoms with Gasteiger partial charge in [0.15, 0.2) is 0 Å². The second-order valence-electron chi connectivity index (χ2n) is 9.06. The molecule has 0 radical (unpaired) electrons. The third-order valence-corrected chi connectivity index (χ3v) is 5.47. The number of hydrogen-bond acceptors (Lipinski definition) is 11. The van der Waals surface area contributed by atoms with E-state index in [9.17, 15) is 14.4 Å². The molecule has 0 aliphatic carbocycles. The maximum Gasteiger partial charge on any atom is 0.225 e. The summed E-state index contributed by atoms with van der Waals surface area (Å²) < 4.78 is 43.4. The van der Waals surface area contributed by atoms with Crippen LogP contribution in [0.15, 0.2) is 0 Å². The Morgan fingerprint density at radius 3 is 1.39 bits per heavy atom. The molecule has 0 aliphatic rings. The Balaban J connectivity index is 3.19. The van der Waals surface area contributed by atoms with Crippen molar-refractivity contribution in [1.29, 1.82) is 0 Å². The molecule has 2 amide bonds. The van der Waals surface area contributed by atoms with Crippen LogP contribution in [-0.4, -0.2) is 149 Å². The molecule has 0 rings (SSSR count). The predicted molar refractivity (Wildman–Crippen MR) is 152 cm³/mol. The molecule has 1 N–H and O–H groups in total. The molecule has 0 bridgehead atoms. The van der Waals surface area contributed by atoms with Gasteiger partial charge in [0, 0.05) is 38.9 Å². The van der Waals surface area contributed by atoms with Gasteiger partial charge in [-0.05, 0) is 6.42 Å². The fourth-order valence-corrected chi connectivity index (χ4v) is 3.09. The van der Waals surface area contributed by atoms with Crippen LogP contribution in [0, 0.1) is 5.92 Å². The molecule has 0 saturated heterocycles. The van der Waals surface area contributed by atoms with Crippen molar-refractivity contribution in [2.75, 3.05) is 126 Å². The van der Waals surface area contributed by atoms with Gasteiger partial charge in [0.05, 0.1) is 106 Å². The first-order valence-corrected chi connectivity index (χ1v) is 14.6. The van der Waals surface area contributed by atoms with Gasteiger partial charge < -0.3 is 52.9 Å². The monoisotopic (exact) mass is 594 g/mol. The highest BCUT2D eigenvalue weighted by atomic mass is 16.6. The molecule has 0 fully saturated rings. The summed E-state index contributed by atoms with van der Waals surface area (Å²) in [7, 11) is 1.70. The largest absolute Gasteiger partial charge is 0.379 e. The molecule has 0 aromatic carbocycles. The summed E-state index contributed by atoms with van der Waals surface area (Å²) in [4.78, 5) is 35.4. The molecule has 1 unspecified atom stereocenters. The SMILES string of the molecule is CCCNC(=O)CCOCCOCCOCCOCCOCCOCCOCCOCCN(C)C(=O)C(C)CC=O. The number of rotatable bonds is 32. The third-order valence-electron chi connectivity index (χ3n) is 5.47. The zero-order valence-electron chi connectivity index (χ0n) is 25.4. The Hall–Kier alpha value is -1.71. The van der Waals surface area contributed by atoms with Gasteiger partial charge >= 0.3 is 0 Å². The van der Waals surface area contributed by atoms with Gasteiger partial charge in [0.25, 0.3) is 0 Å². The second kappa shape index (κ2) is 31.2. The summed E-state index contributed by atoms with van der Waals surface area (Å²) in [6.45, 7) is 12.3. The average molecular weight is 595 g/mol. The number of hydrogen-bond donors (Lipinski definition) is 1. The van der Waals surface area contributed by atoms with Gasteiger partial charge in [-0.2, -0.15) is 0 Å². The molecule has 0 aromatic heterocycles. The lowest BCUT2D eigenvalue weighted by Gasteiger charge is -2.20. The summed E-state index contributed by atoms with van der Waals surface area (Å²) in [5.74, 6) is -0.350. The van der Waals surface area contributed by atoms with Crippen LogP contribution < -0.4 is 5.32 Å². The molecule has 41 heavy (non-hydrogen) atoms. The Morgan fingerprint density at radius 2 is 1.02 bits per heavy atom. The Labute approximate surface area is 245 Å². The van der Waals surface area contributed by atoms with Crippen molar-refractivity contribution in [3.8, 4) is 0 Å². The fourth-order valence-electron chi connectivity index (χ4n) is 3.09. The minimum absolute atomic E-state index is 0.0119. The number of aldehydes is 1. The topological polar surface area (TPSA) is 140 Å². The molecule has 13 nitrogen and oxygen atoms in total. The van der Waals surface area contributed by atoms with Crippen LogP contribution in [0.1, 0.15) is 33.1 Å². The average Bonchev–Trinajstić information content (AvgIpc) is 2.97. The summed E-state index contributed by atoms with van der Waals surface area (Å²) in [6.07, 6.45) is 2.29. The van der Waals surface area contributed by atoms with Crippen molar-refractivity contribution in [2.24, 2.45) is 5.92 Å². The third kappa shape index (κ3) is 28.2. The zero-order chi connectivity index (χ0) is 30.2. The summed E-state index contributed by atoms with van der Waals surface area (Å²) in [5, 5.41) is 2.80. The van der Waals surface area contributed by atoms with E-state index in [4.69, 9.17) is 37.9 Å². The van der Waals surface area contributed by atoms with Crippen LogP contribution in [0.25, 0.3) is 0 Å². The van der Waals surface area contributed by atoms with Crippen LogP contribution in [0.3, 0.4) is 0 Å². The van der Waals surface area contributed by atoms with E-state index in [1.165, 1.54) is 0 Å². The van der Waals surface area contributed by atoms with E-state index in [1.54, 1.807) is 18.9 Å². The first-order chi connectivity index (χ1) is 20.0. The Bertz CT molecular complexity index is 614. The minimum Gasteiger partial charge on any atom is -0.379 e. The molecular formula is C28H54N2O11. The minimum atomic E-state index is -0.302. The summed E-state index contributed by atoms with van der Waals surface area (Å²) in [5.41, 5.74) is 0. The number of nitrogens with zero attached hydrogens (tertiary/aromatic N) is 1.